The Balaban J connectivity index is 2.13. The lowest BCUT2D eigenvalue weighted by Gasteiger charge is -2.27. The minimum atomic E-state index is -1.03. The van der Waals surface area contributed by atoms with Gasteiger partial charge >= 0.3 is 5.97 Å². The number of hydrogen-bond acceptors (Lipinski definition) is 5. The molecule has 1 aromatic heterocycles. The third-order valence-corrected chi connectivity index (χ3v) is 3.58. The van der Waals surface area contributed by atoms with Crippen LogP contribution in [-0.2, 0) is 20.7 Å². The van der Waals surface area contributed by atoms with Gasteiger partial charge in [0.05, 0.1) is 13.5 Å². The number of esters is 1. The lowest BCUT2D eigenvalue weighted by Crippen LogP contribution is -2.53. The Morgan fingerprint density at radius 1 is 1.36 bits per heavy atom. The monoisotopic (exact) mass is 304 g/mol. The van der Waals surface area contributed by atoms with Gasteiger partial charge in [0.2, 0.25) is 5.91 Å². The molecule has 0 saturated heterocycles. The summed E-state index contributed by atoms with van der Waals surface area (Å²) in [6.07, 6.45) is 1.30. The van der Waals surface area contributed by atoms with Gasteiger partial charge in [0.25, 0.3) is 0 Å². The Morgan fingerprint density at radius 3 is 2.77 bits per heavy atom. The molecular formula is C16H20N2O4. The van der Waals surface area contributed by atoms with Crippen molar-refractivity contribution in [3.8, 4) is 0 Å². The molecule has 1 N–H and O–H groups in total. The third kappa shape index (κ3) is 3.27. The van der Waals surface area contributed by atoms with Crippen LogP contribution in [0.25, 0.3) is 11.0 Å². The summed E-state index contributed by atoms with van der Waals surface area (Å²) in [5.41, 5.74) is 0.159. The van der Waals surface area contributed by atoms with Gasteiger partial charge in [-0.1, -0.05) is 30.6 Å². The first-order valence-corrected chi connectivity index (χ1v) is 7.23. The zero-order chi connectivity index (χ0) is 16.2. The Morgan fingerprint density at radius 2 is 2.09 bits per heavy atom. The van der Waals surface area contributed by atoms with E-state index in [9.17, 15) is 9.59 Å². The largest absolute Gasteiger partial charge is 0.467 e. The van der Waals surface area contributed by atoms with E-state index in [2.05, 4.69) is 10.5 Å². The predicted molar refractivity (Wildman–Crippen MR) is 81.2 cm³/mol. The number of para-hydroxylation sites is 1. The van der Waals surface area contributed by atoms with Crippen molar-refractivity contribution in [2.75, 3.05) is 7.11 Å². The van der Waals surface area contributed by atoms with Gasteiger partial charge in [-0.3, -0.25) is 4.79 Å². The summed E-state index contributed by atoms with van der Waals surface area (Å²) in [4.78, 5) is 24.2. The van der Waals surface area contributed by atoms with E-state index in [1.807, 2.05) is 25.1 Å². The summed E-state index contributed by atoms with van der Waals surface area (Å²) in [5.74, 6) is -0.742. The molecule has 22 heavy (non-hydrogen) atoms. The molecule has 6 heteroatoms. The van der Waals surface area contributed by atoms with Crippen LogP contribution in [0.15, 0.2) is 28.8 Å². The molecule has 0 radical (unpaired) electrons. The number of aromatic nitrogens is 1. The molecule has 0 bridgehead atoms. The van der Waals surface area contributed by atoms with Gasteiger partial charge < -0.3 is 14.6 Å². The first-order valence-electron chi connectivity index (χ1n) is 7.23. The molecule has 0 aliphatic rings. The number of nitrogens with one attached hydrogen (secondary N) is 1. The Bertz CT molecular complexity index is 680. The second kappa shape index (κ2) is 6.60. The Labute approximate surface area is 128 Å². The fourth-order valence-electron chi connectivity index (χ4n) is 2.51. The topological polar surface area (TPSA) is 81.4 Å². The minimum absolute atomic E-state index is 0.0489. The number of amides is 1. The molecule has 118 valence electrons. The highest BCUT2D eigenvalue weighted by Gasteiger charge is 2.35. The Hall–Kier alpha value is -2.37. The van der Waals surface area contributed by atoms with E-state index in [-0.39, 0.29) is 12.3 Å². The number of ether oxygens (including phenoxy) is 1. The summed E-state index contributed by atoms with van der Waals surface area (Å²) < 4.78 is 9.96. The molecule has 1 aromatic carbocycles. The number of carbonyl (C=O) groups is 2. The lowest BCUT2D eigenvalue weighted by molar-refractivity contribution is -0.150. The molecule has 1 atom stereocenters. The number of rotatable bonds is 6. The van der Waals surface area contributed by atoms with Crippen LogP contribution in [-0.4, -0.2) is 29.7 Å². The van der Waals surface area contributed by atoms with Crippen molar-refractivity contribution in [3.05, 3.63) is 30.0 Å². The zero-order valence-corrected chi connectivity index (χ0v) is 13.0. The van der Waals surface area contributed by atoms with Crippen LogP contribution in [0.5, 0.6) is 0 Å². The summed E-state index contributed by atoms with van der Waals surface area (Å²) in [5, 5.41) is 7.48. The maximum absolute atomic E-state index is 12.3. The maximum Gasteiger partial charge on any atom is 0.331 e. The normalized spacial score (nSPS) is 13.6. The summed E-state index contributed by atoms with van der Waals surface area (Å²) >= 11 is 0. The van der Waals surface area contributed by atoms with Crippen LogP contribution >= 0.6 is 0 Å². The van der Waals surface area contributed by atoms with Gasteiger partial charge in [-0.25, -0.2) is 4.79 Å². The molecular weight excluding hydrogens is 284 g/mol. The third-order valence-electron chi connectivity index (χ3n) is 3.58. The number of fused-ring (bicyclic) bond motifs is 1. The van der Waals surface area contributed by atoms with E-state index in [4.69, 9.17) is 9.26 Å². The van der Waals surface area contributed by atoms with E-state index < -0.39 is 11.5 Å². The van der Waals surface area contributed by atoms with E-state index in [1.54, 1.807) is 13.0 Å². The number of methoxy groups -OCH3 is 1. The molecule has 2 aromatic rings. The molecule has 2 rings (SSSR count). The number of hydrogen-bond donors (Lipinski definition) is 1. The maximum atomic E-state index is 12.3. The summed E-state index contributed by atoms with van der Waals surface area (Å²) in [6.45, 7) is 3.61. The summed E-state index contributed by atoms with van der Waals surface area (Å²) in [7, 11) is 1.31. The van der Waals surface area contributed by atoms with Gasteiger partial charge in [-0.15, -0.1) is 0 Å². The first kappa shape index (κ1) is 16.0. The van der Waals surface area contributed by atoms with Crippen LogP contribution in [0, 0.1) is 0 Å². The second-order valence-electron chi connectivity index (χ2n) is 5.42. The number of carbonyl (C=O) groups excluding carboxylic acids is 2. The highest BCUT2D eigenvalue weighted by atomic mass is 16.5. The van der Waals surface area contributed by atoms with Crippen molar-refractivity contribution in [1.82, 2.24) is 10.5 Å². The predicted octanol–water partition coefficient (Wildman–Crippen LogP) is 2.22. The standard InChI is InChI=1S/C16H20N2O4/c1-4-9-16(2,15(20)21-3)17-14(19)10-12-11-7-5-6-8-13(11)22-18-12/h5-8H,4,9-10H2,1-3H3,(H,17,19). The highest BCUT2D eigenvalue weighted by molar-refractivity contribution is 5.90. The molecule has 1 unspecified atom stereocenters. The smallest absolute Gasteiger partial charge is 0.331 e. The first-order chi connectivity index (χ1) is 10.5. The molecule has 1 amide bonds. The molecule has 6 nitrogen and oxygen atoms in total. The fraction of sp³-hybridized carbons (Fsp3) is 0.438. The van der Waals surface area contributed by atoms with Gasteiger partial charge in [0.15, 0.2) is 5.58 Å². The molecule has 0 saturated carbocycles. The van der Waals surface area contributed by atoms with E-state index in [0.29, 0.717) is 17.7 Å². The van der Waals surface area contributed by atoms with Crippen molar-refractivity contribution >= 4 is 22.8 Å². The van der Waals surface area contributed by atoms with Crippen LogP contribution < -0.4 is 5.32 Å². The highest BCUT2D eigenvalue weighted by Crippen LogP contribution is 2.19. The zero-order valence-electron chi connectivity index (χ0n) is 13.0. The van der Waals surface area contributed by atoms with Crippen LogP contribution in [0.2, 0.25) is 0 Å². The van der Waals surface area contributed by atoms with E-state index >= 15 is 0 Å². The molecule has 0 fully saturated rings. The number of nitrogens with zero attached hydrogens (tertiary/aromatic N) is 1. The van der Waals surface area contributed by atoms with Crippen LogP contribution in [0.4, 0.5) is 0 Å². The molecule has 0 spiro atoms. The molecule has 0 aliphatic heterocycles. The van der Waals surface area contributed by atoms with E-state index in [1.165, 1.54) is 7.11 Å². The lowest BCUT2D eigenvalue weighted by atomic mass is 9.96. The van der Waals surface area contributed by atoms with Gasteiger partial charge in [0.1, 0.15) is 11.2 Å². The van der Waals surface area contributed by atoms with E-state index in [0.717, 1.165) is 11.8 Å². The minimum Gasteiger partial charge on any atom is -0.467 e. The average Bonchev–Trinajstić information content (AvgIpc) is 2.89. The van der Waals surface area contributed by atoms with Crippen molar-refractivity contribution in [2.45, 2.75) is 38.6 Å². The molecule has 1 heterocycles. The quantitative estimate of drug-likeness (QED) is 0.828. The second-order valence-corrected chi connectivity index (χ2v) is 5.42. The van der Waals surface area contributed by atoms with Gasteiger partial charge in [-0.2, -0.15) is 0 Å². The van der Waals surface area contributed by atoms with Crippen molar-refractivity contribution < 1.29 is 18.8 Å². The SMILES string of the molecule is CCCC(C)(NC(=O)Cc1noc2ccccc12)C(=O)OC. The van der Waals surface area contributed by atoms with Crippen molar-refractivity contribution in [3.63, 3.8) is 0 Å². The van der Waals surface area contributed by atoms with Crippen LogP contribution in [0.1, 0.15) is 32.4 Å². The van der Waals surface area contributed by atoms with Crippen LogP contribution in [0.3, 0.4) is 0 Å². The van der Waals surface area contributed by atoms with Gasteiger partial charge in [-0.05, 0) is 25.5 Å². The Kier molecular flexibility index (Phi) is 4.80. The number of benzene rings is 1. The van der Waals surface area contributed by atoms with Crippen molar-refractivity contribution in [1.29, 1.82) is 0 Å². The summed E-state index contributed by atoms with van der Waals surface area (Å²) in [6, 6.07) is 7.34. The fourth-order valence-corrected chi connectivity index (χ4v) is 2.51. The molecule has 0 aliphatic carbocycles. The van der Waals surface area contributed by atoms with Gasteiger partial charge in [0, 0.05) is 5.39 Å². The van der Waals surface area contributed by atoms with Crippen molar-refractivity contribution in [2.24, 2.45) is 0 Å². The average molecular weight is 304 g/mol.